The number of nitrogens with zero attached hydrogens (tertiary/aromatic N) is 2. The van der Waals surface area contributed by atoms with E-state index >= 15 is 0 Å². The topological polar surface area (TPSA) is 79.0 Å². The Hall–Kier alpha value is -2.09. The fourth-order valence-corrected chi connectivity index (χ4v) is 1.73. The quantitative estimate of drug-likeness (QED) is 0.617. The Morgan fingerprint density at radius 2 is 2.11 bits per heavy atom. The van der Waals surface area contributed by atoms with Crippen molar-refractivity contribution < 1.29 is 4.92 Å². The minimum absolute atomic E-state index is 0.0908. The Bertz CT molecular complexity index is 462. The molecule has 0 unspecified atom stereocenters. The van der Waals surface area contributed by atoms with Gasteiger partial charge < -0.3 is 5.32 Å². The highest BCUT2D eigenvalue weighted by atomic mass is 16.6. The van der Waals surface area contributed by atoms with Crippen LogP contribution in [0.15, 0.2) is 18.2 Å². The van der Waals surface area contributed by atoms with Crippen LogP contribution in [-0.4, -0.2) is 11.5 Å². The molecule has 96 valence electrons. The van der Waals surface area contributed by atoms with Crippen molar-refractivity contribution in [2.24, 2.45) is 5.92 Å². The maximum absolute atomic E-state index is 10.8. The minimum Gasteiger partial charge on any atom is -0.385 e. The van der Waals surface area contributed by atoms with E-state index in [9.17, 15) is 10.1 Å². The summed E-state index contributed by atoms with van der Waals surface area (Å²) in [6, 6.07) is 6.42. The molecule has 1 N–H and O–H groups in total. The average molecular weight is 247 g/mol. The summed E-state index contributed by atoms with van der Waals surface area (Å²) in [4.78, 5) is 10.3. The van der Waals surface area contributed by atoms with Crippen molar-refractivity contribution in [1.82, 2.24) is 0 Å². The van der Waals surface area contributed by atoms with Crippen LogP contribution in [0, 0.1) is 27.4 Å². The summed E-state index contributed by atoms with van der Waals surface area (Å²) in [5.74, 6) is 0.555. The van der Waals surface area contributed by atoms with Gasteiger partial charge in [0.05, 0.1) is 4.92 Å². The van der Waals surface area contributed by atoms with Crippen molar-refractivity contribution in [3.63, 3.8) is 0 Å². The summed E-state index contributed by atoms with van der Waals surface area (Å²) in [6.45, 7) is 5.03. The van der Waals surface area contributed by atoms with Crippen LogP contribution < -0.4 is 5.32 Å². The zero-order valence-corrected chi connectivity index (χ0v) is 10.6. The fraction of sp³-hybridized carbons (Fsp3) is 0.462. The van der Waals surface area contributed by atoms with Gasteiger partial charge in [0.2, 0.25) is 0 Å². The molecule has 18 heavy (non-hydrogen) atoms. The zero-order chi connectivity index (χ0) is 13.5. The molecule has 0 aliphatic carbocycles. The number of hydrogen-bond acceptors (Lipinski definition) is 4. The third kappa shape index (κ3) is 3.45. The van der Waals surface area contributed by atoms with Crippen LogP contribution in [0.25, 0.3) is 0 Å². The molecule has 5 heteroatoms. The molecule has 0 atom stereocenters. The summed E-state index contributed by atoms with van der Waals surface area (Å²) >= 11 is 0. The van der Waals surface area contributed by atoms with Gasteiger partial charge in [-0.3, -0.25) is 10.1 Å². The van der Waals surface area contributed by atoms with E-state index in [-0.39, 0.29) is 11.3 Å². The maximum Gasteiger partial charge on any atom is 0.289 e. The number of nitriles is 1. The maximum atomic E-state index is 10.8. The standard InChI is InChI=1S/C13H17N3O2/c1-3-10(4-2)9-15-12-6-5-11(8-14)13(7-12)16(17)18/h5-7,10,15H,3-4,9H2,1-2H3. The lowest BCUT2D eigenvalue weighted by Crippen LogP contribution is -2.12. The number of hydrogen-bond donors (Lipinski definition) is 1. The summed E-state index contributed by atoms with van der Waals surface area (Å²) in [5, 5.41) is 22.8. The van der Waals surface area contributed by atoms with Gasteiger partial charge in [0.1, 0.15) is 11.6 Å². The SMILES string of the molecule is CCC(CC)CNc1ccc(C#N)c([N+](=O)[O-])c1. The molecule has 0 aliphatic rings. The van der Waals surface area contributed by atoms with Crippen LogP contribution in [0.2, 0.25) is 0 Å². The number of nitrogens with one attached hydrogen (secondary N) is 1. The molecule has 0 saturated carbocycles. The van der Waals surface area contributed by atoms with E-state index in [1.54, 1.807) is 6.07 Å². The number of benzene rings is 1. The van der Waals surface area contributed by atoms with Crippen LogP contribution in [0.4, 0.5) is 11.4 Å². The van der Waals surface area contributed by atoms with Gasteiger partial charge in [-0.25, -0.2) is 0 Å². The van der Waals surface area contributed by atoms with Crippen molar-refractivity contribution >= 4 is 11.4 Å². The highest BCUT2D eigenvalue weighted by Crippen LogP contribution is 2.23. The van der Waals surface area contributed by atoms with E-state index in [0.29, 0.717) is 11.6 Å². The Morgan fingerprint density at radius 3 is 2.61 bits per heavy atom. The molecule has 0 aromatic heterocycles. The molecule has 0 saturated heterocycles. The number of nitro groups is 1. The molecule has 0 heterocycles. The Balaban J connectivity index is 2.83. The molecule has 0 spiro atoms. The second-order valence-electron chi connectivity index (χ2n) is 4.16. The van der Waals surface area contributed by atoms with E-state index < -0.39 is 4.92 Å². The van der Waals surface area contributed by atoms with Gasteiger partial charge in [-0.1, -0.05) is 26.7 Å². The molecule has 0 aliphatic heterocycles. The second kappa shape index (κ2) is 6.60. The first-order valence-electron chi connectivity index (χ1n) is 6.04. The van der Waals surface area contributed by atoms with E-state index in [4.69, 9.17) is 5.26 Å². The lowest BCUT2D eigenvalue weighted by atomic mass is 10.0. The molecular formula is C13H17N3O2. The summed E-state index contributed by atoms with van der Waals surface area (Å²) in [5.41, 5.74) is 0.632. The fourth-order valence-electron chi connectivity index (χ4n) is 1.73. The van der Waals surface area contributed by atoms with E-state index in [2.05, 4.69) is 19.2 Å². The van der Waals surface area contributed by atoms with Crippen LogP contribution in [-0.2, 0) is 0 Å². The Kier molecular flexibility index (Phi) is 5.12. The van der Waals surface area contributed by atoms with E-state index in [1.165, 1.54) is 12.1 Å². The normalized spacial score (nSPS) is 10.1. The lowest BCUT2D eigenvalue weighted by Gasteiger charge is -2.14. The zero-order valence-electron chi connectivity index (χ0n) is 10.6. The smallest absolute Gasteiger partial charge is 0.289 e. The van der Waals surface area contributed by atoms with Gasteiger partial charge in [0, 0.05) is 18.3 Å². The third-order valence-corrected chi connectivity index (χ3v) is 3.06. The van der Waals surface area contributed by atoms with Crippen molar-refractivity contribution in [3.05, 3.63) is 33.9 Å². The minimum atomic E-state index is -0.527. The monoisotopic (exact) mass is 247 g/mol. The van der Waals surface area contributed by atoms with Gasteiger partial charge in [0.15, 0.2) is 0 Å². The predicted octanol–water partition coefficient (Wildman–Crippen LogP) is 3.31. The Labute approximate surface area is 107 Å². The van der Waals surface area contributed by atoms with E-state index in [1.807, 2.05) is 6.07 Å². The molecule has 1 aromatic rings. The number of anilines is 1. The van der Waals surface area contributed by atoms with Crippen LogP contribution in [0.1, 0.15) is 32.3 Å². The number of rotatable bonds is 6. The molecule has 0 amide bonds. The predicted molar refractivity (Wildman–Crippen MR) is 70.4 cm³/mol. The summed E-state index contributed by atoms with van der Waals surface area (Å²) in [7, 11) is 0. The molecule has 1 rings (SSSR count). The molecule has 5 nitrogen and oxygen atoms in total. The van der Waals surface area contributed by atoms with Crippen molar-refractivity contribution in [1.29, 1.82) is 5.26 Å². The molecular weight excluding hydrogens is 230 g/mol. The Morgan fingerprint density at radius 1 is 1.44 bits per heavy atom. The summed E-state index contributed by atoms with van der Waals surface area (Å²) in [6.07, 6.45) is 2.14. The van der Waals surface area contributed by atoms with Crippen LogP contribution >= 0.6 is 0 Å². The van der Waals surface area contributed by atoms with Gasteiger partial charge in [-0.05, 0) is 18.1 Å². The van der Waals surface area contributed by atoms with Gasteiger partial charge >= 0.3 is 0 Å². The van der Waals surface area contributed by atoms with Crippen molar-refractivity contribution in [2.75, 3.05) is 11.9 Å². The first-order valence-corrected chi connectivity index (χ1v) is 6.04. The molecule has 0 fully saturated rings. The van der Waals surface area contributed by atoms with Crippen molar-refractivity contribution in [3.8, 4) is 6.07 Å². The van der Waals surface area contributed by atoms with Crippen molar-refractivity contribution in [2.45, 2.75) is 26.7 Å². The van der Waals surface area contributed by atoms with Gasteiger partial charge in [-0.15, -0.1) is 0 Å². The lowest BCUT2D eigenvalue weighted by molar-refractivity contribution is -0.385. The summed E-state index contributed by atoms with van der Waals surface area (Å²) < 4.78 is 0. The van der Waals surface area contributed by atoms with Crippen LogP contribution in [0.3, 0.4) is 0 Å². The van der Waals surface area contributed by atoms with Gasteiger partial charge in [-0.2, -0.15) is 5.26 Å². The highest BCUT2D eigenvalue weighted by Gasteiger charge is 2.14. The number of nitro benzene ring substituents is 1. The van der Waals surface area contributed by atoms with Gasteiger partial charge in [0.25, 0.3) is 5.69 Å². The van der Waals surface area contributed by atoms with E-state index in [0.717, 1.165) is 19.4 Å². The highest BCUT2D eigenvalue weighted by molar-refractivity contribution is 5.59. The largest absolute Gasteiger partial charge is 0.385 e. The third-order valence-electron chi connectivity index (χ3n) is 3.06. The molecule has 0 bridgehead atoms. The molecule has 1 aromatic carbocycles. The van der Waals surface area contributed by atoms with Crippen LogP contribution in [0.5, 0.6) is 0 Å². The second-order valence-corrected chi connectivity index (χ2v) is 4.16. The first kappa shape index (κ1) is 14.0. The average Bonchev–Trinajstić information content (AvgIpc) is 2.39. The first-order chi connectivity index (χ1) is 8.62. The molecule has 0 radical (unpaired) electrons.